The predicted octanol–water partition coefficient (Wildman–Crippen LogP) is 4.04. The largest absolute Gasteiger partial charge is 0.126 e. The zero-order chi connectivity index (χ0) is 10.5. The van der Waals surface area contributed by atoms with Gasteiger partial charge in [0.25, 0.3) is 0 Å². The van der Waals surface area contributed by atoms with Crippen LogP contribution in [-0.4, -0.2) is 5.16 Å². The quantitative estimate of drug-likeness (QED) is 0.472. The Bertz CT molecular complexity index is 179. The second-order valence-electron chi connectivity index (χ2n) is 4.19. The maximum Gasteiger partial charge on any atom is 0.00757 e. The fraction of sp³-hybridized carbons (Fsp3) is 0.667. The van der Waals surface area contributed by atoms with Gasteiger partial charge in [0, 0.05) is 5.16 Å². The van der Waals surface area contributed by atoms with Crippen molar-refractivity contribution in [2.24, 2.45) is 11.8 Å². The van der Waals surface area contributed by atoms with Crippen molar-refractivity contribution >= 4 is 9.24 Å². The topological polar surface area (TPSA) is 0 Å². The SMILES string of the molecule is CC=CC=CC(P)(C(C)C)C(C)C. The summed E-state index contributed by atoms with van der Waals surface area (Å²) in [6.07, 6.45) is 8.59. The van der Waals surface area contributed by atoms with Crippen molar-refractivity contribution in [1.82, 2.24) is 0 Å². The zero-order valence-electron chi connectivity index (χ0n) is 9.54. The Morgan fingerprint density at radius 1 is 1.00 bits per heavy atom. The fourth-order valence-corrected chi connectivity index (χ4v) is 1.50. The Morgan fingerprint density at radius 2 is 1.46 bits per heavy atom. The molecule has 1 heteroatoms. The van der Waals surface area contributed by atoms with Crippen LogP contribution in [0.2, 0.25) is 0 Å². The summed E-state index contributed by atoms with van der Waals surface area (Å²) < 4.78 is 0. The van der Waals surface area contributed by atoms with Crippen LogP contribution in [0.25, 0.3) is 0 Å². The molecule has 0 radical (unpaired) electrons. The van der Waals surface area contributed by atoms with Crippen molar-refractivity contribution in [2.45, 2.75) is 39.8 Å². The minimum absolute atomic E-state index is 0.236. The molecule has 0 amide bonds. The van der Waals surface area contributed by atoms with Crippen LogP contribution in [0.3, 0.4) is 0 Å². The molecule has 0 saturated carbocycles. The van der Waals surface area contributed by atoms with E-state index in [2.05, 4.69) is 61.2 Å². The van der Waals surface area contributed by atoms with Crippen molar-refractivity contribution in [2.75, 3.05) is 0 Å². The molecule has 0 aliphatic carbocycles. The molecule has 0 aromatic carbocycles. The van der Waals surface area contributed by atoms with Crippen molar-refractivity contribution < 1.29 is 0 Å². The highest BCUT2D eigenvalue weighted by Crippen LogP contribution is 2.36. The Morgan fingerprint density at radius 3 is 1.77 bits per heavy atom. The van der Waals surface area contributed by atoms with Crippen LogP contribution in [0.4, 0.5) is 0 Å². The second kappa shape index (κ2) is 5.60. The molecule has 0 nitrogen and oxygen atoms in total. The lowest BCUT2D eigenvalue weighted by Crippen LogP contribution is -2.31. The standard InChI is InChI=1S/C12H23P/c1-6-7-8-9-12(13,10(2)3)11(4)5/h6-11H,13H2,1-5H3. The average molecular weight is 198 g/mol. The van der Waals surface area contributed by atoms with Crippen molar-refractivity contribution in [3.63, 3.8) is 0 Å². The fourth-order valence-electron chi connectivity index (χ4n) is 1.38. The molecule has 0 heterocycles. The van der Waals surface area contributed by atoms with Crippen LogP contribution >= 0.6 is 9.24 Å². The predicted molar refractivity (Wildman–Crippen MR) is 66.1 cm³/mol. The van der Waals surface area contributed by atoms with Gasteiger partial charge >= 0.3 is 0 Å². The van der Waals surface area contributed by atoms with Crippen molar-refractivity contribution in [3.8, 4) is 0 Å². The van der Waals surface area contributed by atoms with Crippen LogP contribution < -0.4 is 0 Å². The number of hydrogen-bond acceptors (Lipinski definition) is 0. The van der Waals surface area contributed by atoms with Crippen LogP contribution in [0.5, 0.6) is 0 Å². The molecule has 0 bridgehead atoms. The highest BCUT2D eigenvalue weighted by Gasteiger charge is 2.28. The minimum Gasteiger partial charge on any atom is -0.126 e. The Hall–Kier alpha value is -0.0900. The van der Waals surface area contributed by atoms with Gasteiger partial charge in [-0.3, -0.25) is 0 Å². The zero-order valence-corrected chi connectivity index (χ0v) is 10.7. The molecule has 0 fully saturated rings. The molecule has 1 unspecified atom stereocenters. The van der Waals surface area contributed by atoms with E-state index < -0.39 is 0 Å². The Labute approximate surface area is 85.7 Å². The molecule has 0 spiro atoms. The van der Waals surface area contributed by atoms with Crippen LogP contribution in [-0.2, 0) is 0 Å². The van der Waals surface area contributed by atoms with Crippen LogP contribution in [0, 0.1) is 11.8 Å². The van der Waals surface area contributed by atoms with Crippen molar-refractivity contribution in [1.29, 1.82) is 0 Å². The first-order valence-corrected chi connectivity index (χ1v) is 5.62. The van der Waals surface area contributed by atoms with E-state index in [1.807, 2.05) is 6.92 Å². The smallest absolute Gasteiger partial charge is 0.00757 e. The third-order valence-corrected chi connectivity index (χ3v) is 4.21. The van der Waals surface area contributed by atoms with E-state index >= 15 is 0 Å². The summed E-state index contributed by atoms with van der Waals surface area (Å²) in [6, 6.07) is 0. The third-order valence-electron chi connectivity index (χ3n) is 2.69. The molecule has 0 saturated heterocycles. The Kier molecular flexibility index (Phi) is 5.56. The van der Waals surface area contributed by atoms with Gasteiger partial charge in [-0.25, -0.2) is 0 Å². The van der Waals surface area contributed by atoms with Crippen LogP contribution in [0.15, 0.2) is 24.3 Å². The summed E-state index contributed by atoms with van der Waals surface area (Å²) in [6.45, 7) is 11.1. The molecule has 0 aromatic rings. The average Bonchev–Trinajstić information content (AvgIpc) is 2.03. The first-order valence-electron chi connectivity index (χ1n) is 5.04. The second-order valence-corrected chi connectivity index (χ2v) is 5.19. The van der Waals surface area contributed by atoms with Gasteiger partial charge in [-0.15, -0.1) is 9.24 Å². The molecular formula is C12H23P. The van der Waals surface area contributed by atoms with E-state index in [1.54, 1.807) is 0 Å². The minimum atomic E-state index is 0.236. The maximum absolute atomic E-state index is 3.00. The number of hydrogen-bond donors (Lipinski definition) is 0. The van der Waals surface area contributed by atoms with Gasteiger partial charge in [-0.2, -0.15) is 0 Å². The third kappa shape index (κ3) is 3.65. The summed E-state index contributed by atoms with van der Waals surface area (Å²) in [5.74, 6) is 1.30. The van der Waals surface area contributed by atoms with Crippen molar-refractivity contribution in [3.05, 3.63) is 24.3 Å². The lowest BCUT2D eigenvalue weighted by Gasteiger charge is -2.34. The van der Waals surface area contributed by atoms with E-state index in [4.69, 9.17) is 0 Å². The molecule has 76 valence electrons. The van der Waals surface area contributed by atoms with E-state index in [0.717, 1.165) is 0 Å². The van der Waals surface area contributed by atoms with Gasteiger partial charge in [0.05, 0.1) is 0 Å². The molecule has 1 atom stereocenters. The van der Waals surface area contributed by atoms with Gasteiger partial charge in [0.15, 0.2) is 0 Å². The molecular weight excluding hydrogens is 175 g/mol. The van der Waals surface area contributed by atoms with Crippen LogP contribution in [0.1, 0.15) is 34.6 Å². The number of rotatable bonds is 4. The highest BCUT2D eigenvalue weighted by atomic mass is 31.0. The molecule has 0 aliphatic rings. The Balaban J connectivity index is 4.60. The highest BCUT2D eigenvalue weighted by molar-refractivity contribution is 7.19. The molecule has 0 aliphatic heterocycles. The van der Waals surface area contributed by atoms with Gasteiger partial charge in [-0.1, -0.05) is 52.0 Å². The monoisotopic (exact) mass is 198 g/mol. The summed E-state index contributed by atoms with van der Waals surface area (Å²) >= 11 is 0. The first-order chi connectivity index (χ1) is 5.95. The molecule has 0 aromatic heterocycles. The summed E-state index contributed by atoms with van der Waals surface area (Å²) in [7, 11) is 3.00. The summed E-state index contributed by atoms with van der Waals surface area (Å²) in [5, 5.41) is 0.236. The lowest BCUT2D eigenvalue weighted by molar-refractivity contribution is 0.398. The normalized spacial score (nSPS) is 14.2. The van der Waals surface area contributed by atoms with E-state index in [-0.39, 0.29) is 5.16 Å². The van der Waals surface area contributed by atoms with Gasteiger partial charge in [0.1, 0.15) is 0 Å². The van der Waals surface area contributed by atoms with Gasteiger partial charge in [-0.05, 0) is 18.8 Å². The molecule has 0 N–H and O–H groups in total. The molecule has 13 heavy (non-hydrogen) atoms. The van der Waals surface area contributed by atoms with E-state index in [1.165, 1.54) is 0 Å². The maximum atomic E-state index is 3.00. The first kappa shape index (κ1) is 12.9. The lowest BCUT2D eigenvalue weighted by atomic mass is 9.84. The van der Waals surface area contributed by atoms with E-state index in [9.17, 15) is 0 Å². The summed E-state index contributed by atoms with van der Waals surface area (Å²) in [4.78, 5) is 0. The summed E-state index contributed by atoms with van der Waals surface area (Å²) in [5.41, 5.74) is 0. The molecule has 0 rings (SSSR count). The van der Waals surface area contributed by atoms with Gasteiger partial charge < -0.3 is 0 Å². The van der Waals surface area contributed by atoms with E-state index in [0.29, 0.717) is 11.8 Å². The number of allylic oxidation sites excluding steroid dienone is 4. The van der Waals surface area contributed by atoms with Gasteiger partial charge in [0.2, 0.25) is 0 Å².